The predicted octanol–water partition coefficient (Wildman–Crippen LogP) is 2.26. The molecule has 0 aliphatic heterocycles. The Morgan fingerprint density at radius 2 is 1.93 bits per heavy atom. The van der Waals surface area contributed by atoms with Gasteiger partial charge in [-0.15, -0.1) is 0 Å². The van der Waals surface area contributed by atoms with Crippen molar-refractivity contribution >= 4 is 11.6 Å². The first-order chi connectivity index (χ1) is 6.66. The van der Waals surface area contributed by atoms with Crippen molar-refractivity contribution in [1.29, 1.82) is 0 Å². The van der Waals surface area contributed by atoms with E-state index in [0.717, 1.165) is 12.8 Å². The maximum Gasteiger partial charge on any atom is 0.129 e. The van der Waals surface area contributed by atoms with E-state index >= 15 is 0 Å². The highest BCUT2D eigenvalue weighted by Crippen LogP contribution is 2.63. The SMILES string of the molecule is NC1(C2(c3ccc(Cl)nc3)CC2)CC1. The van der Waals surface area contributed by atoms with Crippen LogP contribution in [-0.2, 0) is 5.41 Å². The van der Waals surface area contributed by atoms with Gasteiger partial charge in [0.2, 0.25) is 0 Å². The van der Waals surface area contributed by atoms with Gasteiger partial charge in [0.15, 0.2) is 0 Å². The van der Waals surface area contributed by atoms with Gasteiger partial charge in [0.05, 0.1) is 0 Å². The Balaban J connectivity index is 1.99. The molecule has 0 unspecified atom stereocenters. The van der Waals surface area contributed by atoms with Crippen molar-refractivity contribution < 1.29 is 0 Å². The van der Waals surface area contributed by atoms with E-state index in [2.05, 4.69) is 11.1 Å². The third kappa shape index (κ3) is 1.04. The minimum atomic E-state index is 0.0719. The molecular formula is C11H13ClN2. The monoisotopic (exact) mass is 208 g/mol. The smallest absolute Gasteiger partial charge is 0.129 e. The molecule has 14 heavy (non-hydrogen) atoms. The summed E-state index contributed by atoms with van der Waals surface area (Å²) in [7, 11) is 0. The lowest BCUT2D eigenvalue weighted by Crippen LogP contribution is -2.37. The lowest BCUT2D eigenvalue weighted by atomic mass is 9.87. The maximum atomic E-state index is 6.30. The standard InChI is InChI=1S/C11H13ClN2/c12-9-2-1-8(7-14-9)10(3-4-10)11(13)5-6-11/h1-2,7H,3-6,13H2. The van der Waals surface area contributed by atoms with Gasteiger partial charge in [-0.05, 0) is 37.3 Å². The Bertz CT molecular complexity index is 363. The van der Waals surface area contributed by atoms with Gasteiger partial charge in [0.25, 0.3) is 0 Å². The van der Waals surface area contributed by atoms with E-state index in [1.807, 2.05) is 12.3 Å². The van der Waals surface area contributed by atoms with Gasteiger partial charge in [-0.25, -0.2) is 4.98 Å². The molecule has 1 heterocycles. The lowest BCUT2D eigenvalue weighted by molar-refractivity contribution is 0.502. The molecule has 1 aromatic rings. The van der Waals surface area contributed by atoms with Gasteiger partial charge >= 0.3 is 0 Å². The van der Waals surface area contributed by atoms with Crippen molar-refractivity contribution in [3.63, 3.8) is 0 Å². The maximum absolute atomic E-state index is 6.30. The van der Waals surface area contributed by atoms with E-state index in [-0.39, 0.29) is 11.0 Å². The van der Waals surface area contributed by atoms with Crippen LogP contribution in [0.15, 0.2) is 18.3 Å². The molecule has 2 aliphatic carbocycles. The molecule has 3 rings (SSSR count). The first kappa shape index (κ1) is 8.69. The zero-order valence-electron chi connectivity index (χ0n) is 7.96. The average Bonchev–Trinajstić information content (AvgIpc) is 3.01. The van der Waals surface area contributed by atoms with E-state index in [1.54, 1.807) is 0 Å². The molecule has 2 aliphatic rings. The summed E-state index contributed by atoms with van der Waals surface area (Å²) >= 11 is 5.77. The largest absolute Gasteiger partial charge is 0.324 e. The minimum absolute atomic E-state index is 0.0719. The summed E-state index contributed by atoms with van der Waals surface area (Å²) in [5.74, 6) is 0. The van der Waals surface area contributed by atoms with Crippen LogP contribution in [0.1, 0.15) is 31.2 Å². The van der Waals surface area contributed by atoms with Crippen molar-refractivity contribution in [2.45, 2.75) is 36.6 Å². The van der Waals surface area contributed by atoms with Crippen molar-refractivity contribution in [1.82, 2.24) is 4.98 Å². The van der Waals surface area contributed by atoms with Gasteiger partial charge in [0.1, 0.15) is 5.15 Å². The Hall–Kier alpha value is -0.600. The highest BCUT2D eigenvalue weighted by Gasteiger charge is 2.64. The molecule has 0 bridgehead atoms. The molecule has 0 saturated heterocycles. The predicted molar refractivity (Wildman–Crippen MR) is 56.3 cm³/mol. The van der Waals surface area contributed by atoms with E-state index in [9.17, 15) is 0 Å². The van der Waals surface area contributed by atoms with Crippen LogP contribution >= 0.6 is 11.6 Å². The van der Waals surface area contributed by atoms with E-state index in [1.165, 1.54) is 18.4 Å². The summed E-state index contributed by atoms with van der Waals surface area (Å²) in [6.07, 6.45) is 6.65. The average molecular weight is 209 g/mol. The van der Waals surface area contributed by atoms with E-state index in [4.69, 9.17) is 17.3 Å². The summed E-state index contributed by atoms with van der Waals surface area (Å²) in [4.78, 5) is 4.14. The van der Waals surface area contributed by atoms with Crippen LogP contribution in [0.5, 0.6) is 0 Å². The zero-order valence-corrected chi connectivity index (χ0v) is 8.72. The lowest BCUT2D eigenvalue weighted by Gasteiger charge is -2.22. The van der Waals surface area contributed by atoms with Crippen LogP contribution in [0.4, 0.5) is 0 Å². The summed E-state index contributed by atoms with van der Waals surface area (Å²) in [6.45, 7) is 0. The first-order valence-corrected chi connectivity index (χ1v) is 5.45. The fraction of sp³-hybridized carbons (Fsp3) is 0.545. The molecule has 2 nitrogen and oxygen atoms in total. The molecule has 74 valence electrons. The molecule has 2 fully saturated rings. The number of nitrogens with zero attached hydrogens (tertiary/aromatic N) is 1. The Kier molecular flexibility index (Phi) is 1.55. The fourth-order valence-electron chi connectivity index (χ4n) is 2.47. The summed E-state index contributed by atoms with van der Waals surface area (Å²) in [6, 6.07) is 3.94. The number of hydrogen-bond acceptors (Lipinski definition) is 2. The third-order valence-corrected chi connectivity index (χ3v) is 4.00. The van der Waals surface area contributed by atoms with Gasteiger partial charge in [-0.2, -0.15) is 0 Å². The summed E-state index contributed by atoms with van der Waals surface area (Å²) < 4.78 is 0. The van der Waals surface area contributed by atoms with Crippen LogP contribution in [0, 0.1) is 0 Å². The number of hydrogen-bond donors (Lipinski definition) is 1. The van der Waals surface area contributed by atoms with Crippen molar-refractivity contribution in [2.24, 2.45) is 5.73 Å². The molecule has 0 amide bonds. The number of pyridine rings is 1. The van der Waals surface area contributed by atoms with Crippen LogP contribution in [0.25, 0.3) is 0 Å². The summed E-state index contributed by atoms with van der Waals surface area (Å²) in [5.41, 5.74) is 7.89. The summed E-state index contributed by atoms with van der Waals surface area (Å²) in [5, 5.41) is 0.561. The van der Waals surface area contributed by atoms with Crippen molar-refractivity contribution in [3.8, 4) is 0 Å². The van der Waals surface area contributed by atoms with Crippen molar-refractivity contribution in [2.75, 3.05) is 0 Å². The van der Waals surface area contributed by atoms with Gasteiger partial charge in [0, 0.05) is 17.2 Å². The fourth-order valence-corrected chi connectivity index (χ4v) is 2.58. The number of aromatic nitrogens is 1. The highest BCUT2D eigenvalue weighted by molar-refractivity contribution is 6.29. The second-order valence-electron chi connectivity index (χ2n) is 4.61. The van der Waals surface area contributed by atoms with Crippen LogP contribution in [0.3, 0.4) is 0 Å². The van der Waals surface area contributed by atoms with E-state index in [0.29, 0.717) is 5.15 Å². The Labute approximate surface area is 88.5 Å². The zero-order chi connectivity index (χ0) is 9.81. The van der Waals surface area contributed by atoms with Gasteiger partial charge < -0.3 is 5.73 Å². The highest BCUT2D eigenvalue weighted by atomic mass is 35.5. The van der Waals surface area contributed by atoms with Crippen molar-refractivity contribution in [3.05, 3.63) is 29.0 Å². The van der Waals surface area contributed by atoms with Crippen LogP contribution in [0.2, 0.25) is 5.15 Å². The normalized spacial score (nSPS) is 25.9. The molecule has 2 saturated carbocycles. The first-order valence-electron chi connectivity index (χ1n) is 5.07. The number of halogens is 1. The molecular weight excluding hydrogens is 196 g/mol. The molecule has 0 spiro atoms. The number of nitrogens with two attached hydrogens (primary N) is 1. The molecule has 0 atom stereocenters. The molecule has 0 aromatic carbocycles. The van der Waals surface area contributed by atoms with Gasteiger partial charge in [-0.3, -0.25) is 0 Å². The van der Waals surface area contributed by atoms with Crippen LogP contribution < -0.4 is 5.73 Å². The second-order valence-corrected chi connectivity index (χ2v) is 5.00. The third-order valence-electron chi connectivity index (χ3n) is 3.77. The molecule has 1 aromatic heterocycles. The number of rotatable bonds is 2. The second kappa shape index (κ2) is 2.50. The van der Waals surface area contributed by atoms with Crippen LogP contribution in [-0.4, -0.2) is 10.5 Å². The topological polar surface area (TPSA) is 38.9 Å². The molecule has 0 radical (unpaired) electrons. The van der Waals surface area contributed by atoms with E-state index < -0.39 is 0 Å². The molecule has 3 heteroatoms. The molecule has 2 N–H and O–H groups in total. The van der Waals surface area contributed by atoms with Gasteiger partial charge in [-0.1, -0.05) is 17.7 Å². The Morgan fingerprint density at radius 3 is 2.36 bits per heavy atom. The minimum Gasteiger partial charge on any atom is -0.324 e. The quantitative estimate of drug-likeness (QED) is 0.758. The Morgan fingerprint density at radius 1 is 1.21 bits per heavy atom.